The van der Waals surface area contributed by atoms with Crippen molar-refractivity contribution in [1.29, 1.82) is 0 Å². The summed E-state index contributed by atoms with van der Waals surface area (Å²) in [5.41, 5.74) is 1.65. The van der Waals surface area contributed by atoms with Crippen molar-refractivity contribution >= 4 is 44.1 Å². The van der Waals surface area contributed by atoms with E-state index in [9.17, 15) is 14.7 Å². The fraction of sp³-hybridized carbons (Fsp3) is 0.250. The lowest BCUT2D eigenvalue weighted by atomic mass is 10.2. The van der Waals surface area contributed by atoms with Crippen LogP contribution in [-0.4, -0.2) is 25.1 Å². The molecule has 4 aromatic rings. The first-order chi connectivity index (χ1) is 13.9. The second kappa shape index (κ2) is 7.25. The van der Waals surface area contributed by atoms with E-state index in [-0.39, 0.29) is 23.7 Å². The molecule has 0 saturated carbocycles. The van der Waals surface area contributed by atoms with E-state index in [1.54, 1.807) is 4.57 Å². The third-order valence-electron chi connectivity index (χ3n) is 4.96. The van der Waals surface area contributed by atoms with Gasteiger partial charge in [-0.15, -0.1) is 21.6 Å². The summed E-state index contributed by atoms with van der Waals surface area (Å²) in [5, 5.41) is 19.4. The highest BCUT2D eigenvalue weighted by Crippen LogP contribution is 2.38. The van der Waals surface area contributed by atoms with Crippen molar-refractivity contribution in [3.05, 3.63) is 51.4 Å². The van der Waals surface area contributed by atoms with Crippen molar-refractivity contribution in [3.63, 3.8) is 0 Å². The molecule has 8 nitrogen and oxygen atoms in total. The minimum Gasteiger partial charge on any atom is -0.493 e. The number of hydrogen-bond acceptors (Lipinski definition) is 6. The van der Waals surface area contributed by atoms with Crippen LogP contribution >= 0.6 is 11.3 Å². The lowest BCUT2D eigenvalue weighted by Gasteiger charge is -2.02. The molecule has 9 heteroatoms. The van der Waals surface area contributed by atoms with Crippen molar-refractivity contribution in [2.45, 2.75) is 33.9 Å². The molecule has 0 saturated heterocycles. The van der Waals surface area contributed by atoms with Crippen LogP contribution in [0.4, 0.5) is 5.69 Å². The van der Waals surface area contributed by atoms with Gasteiger partial charge in [0.15, 0.2) is 5.69 Å². The van der Waals surface area contributed by atoms with E-state index >= 15 is 0 Å². The summed E-state index contributed by atoms with van der Waals surface area (Å²) in [4.78, 5) is 31.0. The van der Waals surface area contributed by atoms with E-state index in [2.05, 4.69) is 15.2 Å². The van der Waals surface area contributed by atoms with Gasteiger partial charge in [0, 0.05) is 16.8 Å². The van der Waals surface area contributed by atoms with E-state index in [4.69, 9.17) is 0 Å². The molecule has 0 aliphatic rings. The van der Waals surface area contributed by atoms with E-state index in [0.29, 0.717) is 22.1 Å². The molecule has 29 heavy (non-hydrogen) atoms. The molecule has 0 bridgehead atoms. The van der Waals surface area contributed by atoms with Crippen LogP contribution in [0.25, 0.3) is 21.1 Å². The number of hydrogen-bond donors (Lipinski definition) is 1. The summed E-state index contributed by atoms with van der Waals surface area (Å²) < 4.78 is 2.93. The summed E-state index contributed by atoms with van der Waals surface area (Å²) in [7, 11) is 0. The maximum absolute atomic E-state index is 12.7. The van der Waals surface area contributed by atoms with Crippen LogP contribution in [0, 0.1) is 13.8 Å². The van der Waals surface area contributed by atoms with Crippen LogP contribution in [0.2, 0.25) is 0 Å². The number of carbonyl (C=O) groups is 1. The van der Waals surface area contributed by atoms with E-state index in [1.165, 1.54) is 22.2 Å². The Balaban J connectivity index is 1.65. The summed E-state index contributed by atoms with van der Waals surface area (Å²) in [6.07, 6.45) is 1.36. The highest BCUT2D eigenvalue weighted by Gasteiger charge is 2.16. The number of aromatic hydroxyl groups is 1. The van der Waals surface area contributed by atoms with Gasteiger partial charge in [-0.1, -0.05) is 18.2 Å². The van der Waals surface area contributed by atoms with Crippen molar-refractivity contribution in [2.75, 3.05) is 0 Å². The number of benzene rings is 1. The number of thiophene rings is 1. The smallest absolute Gasteiger partial charge is 0.284 e. The number of aromatic nitrogens is 3. The highest BCUT2D eigenvalue weighted by atomic mass is 32.1. The summed E-state index contributed by atoms with van der Waals surface area (Å²) in [5.74, 6) is -0.652. The quantitative estimate of drug-likeness (QED) is 0.513. The molecule has 0 atom stereocenters. The number of azo groups is 1. The maximum atomic E-state index is 12.7. The van der Waals surface area contributed by atoms with Gasteiger partial charge >= 0.3 is 0 Å². The second-order valence-electron chi connectivity index (χ2n) is 6.67. The Labute approximate surface area is 169 Å². The molecule has 1 amide bonds. The zero-order valence-electron chi connectivity index (χ0n) is 16.2. The molecule has 0 unspecified atom stereocenters. The predicted molar refractivity (Wildman–Crippen MR) is 112 cm³/mol. The first-order valence-corrected chi connectivity index (χ1v) is 9.94. The van der Waals surface area contributed by atoms with Crippen molar-refractivity contribution < 1.29 is 9.90 Å². The van der Waals surface area contributed by atoms with Gasteiger partial charge in [-0.2, -0.15) is 0 Å². The average molecular weight is 409 g/mol. The van der Waals surface area contributed by atoms with E-state index in [0.717, 1.165) is 16.0 Å². The number of fused-ring (bicyclic) bond motifs is 2. The van der Waals surface area contributed by atoms with Gasteiger partial charge < -0.3 is 9.67 Å². The normalized spacial score (nSPS) is 11.8. The molecule has 0 fully saturated rings. The Bertz CT molecular complexity index is 1350. The van der Waals surface area contributed by atoms with E-state index in [1.807, 2.05) is 45.0 Å². The number of aryl methyl sites for hydroxylation is 3. The van der Waals surface area contributed by atoms with Gasteiger partial charge in [-0.05, 0) is 32.4 Å². The molecule has 0 radical (unpaired) electrons. The summed E-state index contributed by atoms with van der Waals surface area (Å²) in [6, 6.07) is 7.37. The van der Waals surface area contributed by atoms with Gasteiger partial charge in [0.2, 0.25) is 5.88 Å². The number of amides is 1. The minimum atomic E-state index is -0.606. The Morgan fingerprint density at radius 2 is 2.03 bits per heavy atom. The van der Waals surface area contributed by atoms with E-state index < -0.39 is 5.91 Å². The molecule has 4 rings (SSSR count). The molecule has 3 aromatic heterocycles. The minimum absolute atomic E-state index is 0.0464. The molecule has 0 aliphatic carbocycles. The first-order valence-electron chi connectivity index (χ1n) is 9.12. The van der Waals surface area contributed by atoms with Crippen LogP contribution in [0.1, 0.15) is 17.4 Å². The Morgan fingerprint density at radius 3 is 2.79 bits per heavy atom. The number of para-hydroxylation sites is 1. The summed E-state index contributed by atoms with van der Waals surface area (Å²) in [6.45, 7) is 5.99. The first kappa shape index (κ1) is 19.0. The zero-order valence-corrected chi connectivity index (χ0v) is 17.0. The molecule has 148 valence electrons. The Kier molecular flexibility index (Phi) is 4.75. The zero-order chi connectivity index (χ0) is 20.7. The highest BCUT2D eigenvalue weighted by molar-refractivity contribution is 7.18. The number of rotatable bonds is 4. The predicted octanol–water partition coefficient (Wildman–Crippen LogP) is 4.07. The number of nitrogens with zero attached hydrogens (tertiary/aromatic N) is 5. The van der Waals surface area contributed by atoms with Crippen molar-refractivity contribution in [1.82, 2.24) is 14.1 Å². The molecule has 0 aliphatic heterocycles. The van der Waals surface area contributed by atoms with Gasteiger partial charge in [-0.3, -0.25) is 14.2 Å². The van der Waals surface area contributed by atoms with Gasteiger partial charge in [-0.25, -0.2) is 4.98 Å². The fourth-order valence-corrected chi connectivity index (χ4v) is 4.34. The van der Waals surface area contributed by atoms with Gasteiger partial charge in [0.05, 0.1) is 17.2 Å². The largest absolute Gasteiger partial charge is 0.493 e. The SMILES string of the molecule is CCn1c(O)c(N=NC(=O)Cn2cnc3sc(C)c(C)c3c2=O)c2ccccc21. The Morgan fingerprint density at radius 1 is 1.28 bits per heavy atom. The summed E-state index contributed by atoms with van der Waals surface area (Å²) >= 11 is 1.45. The standard InChI is InChI=1S/C20H19N5O3S/c1-4-25-14-8-6-5-7-13(14)17(20(25)28)23-22-15(26)9-24-10-21-18-16(19(24)27)11(2)12(3)29-18/h5-8,10,28H,4,9H2,1-3H3. The van der Waals surface area contributed by atoms with Crippen LogP contribution in [0.3, 0.4) is 0 Å². The van der Waals surface area contributed by atoms with Crippen LogP contribution < -0.4 is 5.56 Å². The molecule has 1 aromatic carbocycles. The molecule has 1 N–H and O–H groups in total. The monoisotopic (exact) mass is 409 g/mol. The third kappa shape index (κ3) is 3.13. The maximum Gasteiger partial charge on any atom is 0.284 e. The second-order valence-corrected chi connectivity index (χ2v) is 7.87. The third-order valence-corrected chi connectivity index (χ3v) is 6.07. The van der Waals surface area contributed by atoms with Gasteiger partial charge in [0.1, 0.15) is 11.4 Å². The van der Waals surface area contributed by atoms with Crippen LogP contribution in [0.15, 0.2) is 45.6 Å². The fourth-order valence-electron chi connectivity index (χ4n) is 3.36. The molecule has 3 heterocycles. The topological polar surface area (TPSA) is 102 Å². The van der Waals surface area contributed by atoms with Crippen LogP contribution in [0.5, 0.6) is 5.88 Å². The molecule has 0 spiro atoms. The lowest BCUT2D eigenvalue weighted by Crippen LogP contribution is -2.23. The van der Waals surface area contributed by atoms with Crippen molar-refractivity contribution in [3.8, 4) is 5.88 Å². The Hall–Kier alpha value is -3.33. The van der Waals surface area contributed by atoms with Crippen LogP contribution in [-0.2, 0) is 17.9 Å². The molecular formula is C20H19N5O3S. The average Bonchev–Trinajstić information content (AvgIpc) is 3.15. The lowest BCUT2D eigenvalue weighted by molar-refractivity contribution is -0.118. The molecular weight excluding hydrogens is 390 g/mol. The van der Waals surface area contributed by atoms with Gasteiger partial charge in [0.25, 0.3) is 11.5 Å². The van der Waals surface area contributed by atoms with Crippen molar-refractivity contribution in [2.24, 2.45) is 10.2 Å². The number of carbonyl (C=O) groups excluding carboxylic acids is 1.